The molecule has 0 bridgehead atoms. The van der Waals surface area contributed by atoms with Gasteiger partial charge in [0.1, 0.15) is 0 Å². The third-order valence-corrected chi connectivity index (χ3v) is 4.22. The molecule has 2 amide bonds. The van der Waals surface area contributed by atoms with Gasteiger partial charge >= 0.3 is 0 Å². The lowest BCUT2D eigenvalue weighted by Gasteiger charge is -2.25. The van der Waals surface area contributed by atoms with Crippen LogP contribution in [0.3, 0.4) is 0 Å². The van der Waals surface area contributed by atoms with Gasteiger partial charge in [0, 0.05) is 19.5 Å². The summed E-state index contributed by atoms with van der Waals surface area (Å²) in [7, 11) is 1.73. The van der Waals surface area contributed by atoms with Gasteiger partial charge in [-0.1, -0.05) is 0 Å². The molecular weight excluding hydrogens is 230 g/mol. The van der Waals surface area contributed by atoms with Crippen molar-refractivity contribution in [3.63, 3.8) is 0 Å². The van der Waals surface area contributed by atoms with Crippen molar-refractivity contribution in [2.45, 2.75) is 26.2 Å². The lowest BCUT2D eigenvalue weighted by Crippen LogP contribution is -2.40. The number of nitrogens with zero attached hydrogens (tertiary/aromatic N) is 1. The van der Waals surface area contributed by atoms with Crippen molar-refractivity contribution in [2.24, 2.45) is 11.3 Å². The zero-order valence-corrected chi connectivity index (χ0v) is 11.3. The second-order valence-electron chi connectivity index (χ2n) is 5.52. The molecule has 1 spiro atoms. The predicted molar refractivity (Wildman–Crippen MR) is 69.0 cm³/mol. The number of rotatable bonds is 4. The predicted octanol–water partition coefficient (Wildman–Crippen LogP) is -0.0294. The number of hydrogen-bond donors (Lipinski definition) is 2. The van der Waals surface area contributed by atoms with Crippen LogP contribution in [0.2, 0.25) is 0 Å². The molecule has 2 N–H and O–H groups in total. The van der Waals surface area contributed by atoms with Crippen molar-refractivity contribution in [2.75, 3.05) is 33.2 Å². The van der Waals surface area contributed by atoms with Crippen LogP contribution < -0.4 is 10.6 Å². The van der Waals surface area contributed by atoms with Crippen molar-refractivity contribution in [1.82, 2.24) is 15.5 Å². The minimum absolute atomic E-state index is 0.0756. The van der Waals surface area contributed by atoms with Gasteiger partial charge < -0.3 is 15.5 Å². The van der Waals surface area contributed by atoms with E-state index < -0.39 is 0 Å². The Bertz CT molecular complexity index is 337. The molecule has 1 heterocycles. The molecule has 0 radical (unpaired) electrons. The molecule has 0 aromatic rings. The van der Waals surface area contributed by atoms with Crippen molar-refractivity contribution in [3.05, 3.63) is 0 Å². The molecule has 5 nitrogen and oxygen atoms in total. The second-order valence-corrected chi connectivity index (χ2v) is 5.52. The minimum Gasteiger partial charge on any atom is -0.355 e. The molecule has 1 atom stereocenters. The van der Waals surface area contributed by atoms with E-state index in [4.69, 9.17) is 0 Å². The van der Waals surface area contributed by atoms with Crippen LogP contribution in [-0.2, 0) is 9.59 Å². The molecule has 2 rings (SSSR count). The highest BCUT2D eigenvalue weighted by Crippen LogP contribution is 2.59. The summed E-state index contributed by atoms with van der Waals surface area (Å²) in [5.74, 6) is 0.218. The largest absolute Gasteiger partial charge is 0.355 e. The van der Waals surface area contributed by atoms with Crippen molar-refractivity contribution >= 4 is 11.8 Å². The SMILES string of the molecule is CCNC(=O)CN(C)C(=O)C1CC12CCNCC2. The Hall–Kier alpha value is -1.10. The van der Waals surface area contributed by atoms with Crippen LogP contribution in [0.15, 0.2) is 0 Å². The zero-order chi connectivity index (χ0) is 13.2. The average molecular weight is 253 g/mol. The number of piperidine rings is 1. The maximum absolute atomic E-state index is 12.2. The summed E-state index contributed by atoms with van der Waals surface area (Å²) in [5.41, 5.74) is 0.248. The number of amides is 2. The van der Waals surface area contributed by atoms with E-state index in [0.29, 0.717) is 6.54 Å². The molecule has 1 aliphatic heterocycles. The lowest BCUT2D eigenvalue weighted by atomic mass is 9.91. The Balaban J connectivity index is 1.83. The average Bonchev–Trinajstić information content (AvgIpc) is 3.03. The van der Waals surface area contributed by atoms with Gasteiger partial charge in [-0.2, -0.15) is 0 Å². The highest BCUT2D eigenvalue weighted by molar-refractivity contribution is 5.87. The first-order chi connectivity index (χ1) is 8.59. The molecule has 1 saturated heterocycles. The van der Waals surface area contributed by atoms with Gasteiger partial charge in [0.2, 0.25) is 11.8 Å². The van der Waals surface area contributed by atoms with Gasteiger partial charge in [-0.05, 0) is 44.7 Å². The number of likely N-dealkylation sites (N-methyl/N-ethyl adjacent to an activating group) is 2. The number of hydrogen-bond acceptors (Lipinski definition) is 3. The molecule has 1 saturated carbocycles. The van der Waals surface area contributed by atoms with E-state index in [1.54, 1.807) is 11.9 Å². The van der Waals surface area contributed by atoms with Gasteiger partial charge in [-0.3, -0.25) is 9.59 Å². The smallest absolute Gasteiger partial charge is 0.239 e. The molecule has 0 aromatic heterocycles. The van der Waals surface area contributed by atoms with Crippen LogP contribution >= 0.6 is 0 Å². The van der Waals surface area contributed by atoms with Crippen LogP contribution in [0.5, 0.6) is 0 Å². The van der Waals surface area contributed by atoms with Crippen LogP contribution in [0, 0.1) is 11.3 Å². The summed E-state index contributed by atoms with van der Waals surface area (Å²) < 4.78 is 0. The molecule has 0 aromatic carbocycles. The summed E-state index contributed by atoms with van der Waals surface area (Å²) in [6.07, 6.45) is 3.20. The van der Waals surface area contributed by atoms with E-state index in [9.17, 15) is 9.59 Å². The van der Waals surface area contributed by atoms with Gasteiger partial charge in [-0.25, -0.2) is 0 Å². The van der Waals surface area contributed by atoms with Crippen molar-refractivity contribution in [1.29, 1.82) is 0 Å². The van der Waals surface area contributed by atoms with Crippen LogP contribution in [0.4, 0.5) is 0 Å². The Morgan fingerprint density at radius 3 is 2.67 bits per heavy atom. The lowest BCUT2D eigenvalue weighted by molar-refractivity contribution is -0.136. The first kappa shape index (κ1) is 13.3. The number of nitrogens with one attached hydrogen (secondary N) is 2. The highest BCUT2D eigenvalue weighted by Gasteiger charge is 2.58. The number of carbonyl (C=O) groups is 2. The third kappa shape index (κ3) is 2.66. The minimum atomic E-state index is -0.0756. The maximum Gasteiger partial charge on any atom is 0.239 e. The fraction of sp³-hybridized carbons (Fsp3) is 0.846. The summed E-state index contributed by atoms with van der Waals surface area (Å²) in [5, 5.41) is 6.05. The second kappa shape index (κ2) is 5.26. The topological polar surface area (TPSA) is 61.4 Å². The molecule has 1 unspecified atom stereocenters. The van der Waals surface area contributed by atoms with E-state index >= 15 is 0 Å². The summed E-state index contributed by atoms with van der Waals surface area (Å²) >= 11 is 0. The van der Waals surface area contributed by atoms with E-state index in [1.165, 1.54) is 0 Å². The molecule has 1 aliphatic carbocycles. The standard InChI is InChI=1S/C13H23N3O2/c1-3-15-11(17)9-16(2)12(18)10-8-13(10)4-6-14-7-5-13/h10,14H,3-9H2,1-2H3,(H,15,17). The van der Waals surface area contributed by atoms with Crippen LogP contribution in [-0.4, -0.2) is 49.9 Å². The summed E-state index contributed by atoms with van der Waals surface area (Å²) in [6.45, 7) is 4.70. The third-order valence-electron chi connectivity index (χ3n) is 4.22. The first-order valence-corrected chi connectivity index (χ1v) is 6.81. The van der Waals surface area contributed by atoms with E-state index in [2.05, 4.69) is 10.6 Å². The van der Waals surface area contributed by atoms with Crippen LogP contribution in [0.25, 0.3) is 0 Å². The van der Waals surface area contributed by atoms with Crippen LogP contribution in [0.1, 0.15) is 26.2 Å². The molecule has 2 aliphatic rings. The molecule has 18 heavy (non-hydrogen) atoms. The van der Waals surface area contributed by atoms with Gasteiger partial charge in [0.05, 0.1) is 6.54 Å². The highest BCUT2D eigenvalue weighted by atomic mass is 16.2. The quantitative estimate of drug-likeness (QED) is 0.739. The Morgan fingerprint density at radius 1 is 1.39 bits per heavy atom. The monoisotopic (exact) mass is 253 g/mol. The van der Waals surface area contributed by atoms with E-state index in [1.807, 2.05) is 6.92 Å². The van der Waals surface area contributed by atoms with Crippen molar-refractivity contribution < 1.29 is 9.59 Å². The Kier molecular flexibility index (Phi) is 3.90. The number of carbonyl (C=O) groups excluding carboxylic acids is 2. The van der Waals surface area contributed by atoms with E-state index in [0.717, 1.165) is 32.4 Å². The zero-order valence-electron chi connectivity index (χ0n) is 11.3. The van der Waals surface area contributed by atoms with Crippen molar-refractivity contribution in [3.8, 4) is 0 Å². The molecule has 102 valence electrons. The fourth-order valence-corrected chi connectivity index (χ4v) is 2.99. The molecular formula is C13H23N3O2. The molecule has 5 heteroatoms. The van der Waals surface area contributed by atoms with Gasteiger partial charge in [0.25, 0.3) is 0 Å². The Labute approximate surface area is 108 Å². The summed E-state index contributed by atoms with van der Waals surface area (Å²) in [6, 6.07) is 0. The van der Waals surface area contributed by atoms with E-state index in [-0.39, 0.29) is 29.7 Å². The van der Waals surface area contributed by atoms with Gasteiger partial charge in [0.15, 0.2) is 0 Å². The fourth-order valence-electron chi connectivity index (χ4n) is 2.99. The molecule has 2 fully saturated rings. The maximum atomic E-state index is 12.2. The first-order valence-electron chi connectivity index (χ1n) is 6.81. The normalized spacial score (nSPS) is 24.7. The van der Waals surface area contributed by atoms with Gasteiger partial charge in [-0.15, -0.1) is 0 Å². The summed E-state index contributed by atoms with van der Waals surface area (Å²) in [4.78, 5) is 25.3. The Morgan fingerprint density at radius 2 is 2.06 bits per heavy atom.